The van der Waals surface area contributed by atoms with Gasteiger partial charge in [0, 0.05) is 10.9 Å². The average Bonchev–Trinajstić information content (AvgIpc) is 2.53. The largest absolute Gasteiger partial charge is 0.292 e. The van der Waals surface area contributed by atoms with Gasteiger partial charge in [-0.3, -0.25) is 4.48 Å². The molecule has 0 saturated heterocycles. The Labute approximate surface area is 146 Å². The fourth-order valence-corrected chi connectivity index (χ4v) is 3.39. The Morgan fingerprint density at radius 3 is 2.04 bits per heavy atom. The number of rotatable bonds is 3. The highest BCUT2D eigenvalue weighted by Crippen LogP contribution is 2.31. The summed E-state index contributed by atoms with van der Waals surface area (Å²) in [5, 5.41) is 2.65. The lowest BCUT2D eigenvalue weighted by molar-refractivity contribution is 0.395. The second kappa shape index (κ2) is 6.07. The standard InChI is InChI=1S/C23H28N/c1-23(2,3)20-15-13-18(14-16-20)17-24(4,5)22-12-8-10-19-9-6-7-11-21(19)22/h6-16H,17H2,1-5H3/q+1. The van der Waals surface area contributed by atoms with Crippen LogP contribution in [0.4, 0.5) is 5.69 Å². The van der Waals surface area contributed by atoms with Crippen molar-refractivity contribution in [1.29, 1.82) is 0 Å². The first-order valence-corrected chi connectivity index (χ1v) is 8.68. The van der Waals surface area contributed by atoms with Gasteiger partial charge in [0.05, 0.1) is 14.1 Å². The van der Waals surface area contributed by atoms with Crippen LogP contribution in [0, 0.1) is 0 Å². The van der Waals surface area contributed by atoms with Crippen LogP contribution in [0.1, 0.15) is 31.9 Å². The highest BCUT2D eigenvalue weighted by molar-refractivity contribution is 5.93. The van der Waals surface area contributed by atoms with Crippen LogP contribution in [0.2, 0.25) is 0 Å². The third-order valence-electron chi connectivity index (χ3n) is 4.82. The van der Waals surface area contributed by atoms with Gasteiger partial charge in [-0.25, -0.2) is 0 Å². The molecule has 0 fully saturated rings. The van der Waals surface area contributed by atoms with Crippen molar-refractivity contribution in [2.45, 2.75) is 32.7 Å². The summed E-state index contributed by atoms with van der Waals surface area (Å²) in [5.41, 5.74) is 4.34. The minimum absolute atomic E-state index is 0.207. The summed E-state index contributed by atoms with van der Waals surface area (Å²) >= 11 is 0. The molecular weight excluding hydrogens is 290 g/mol. The van der Waals surface area contributed by atoms with E-state index in [9.17, 15) is 0 Å². The van der Waals surface area contributed by atoms with Crippen molar-refractivity contribution in [3.05, 3.63) is 77.9 Å². The van der Waals surface area contributed by atoms with Gasteiger partial charge >= 0.3 is 0 Å². The van der Waals surface area contributed by atoms with E-state index >= 15 is 0 Å². The second-order valence-electron chi connectivity index (χ2n) is 8.29. The molecule has 0 saturated carbocycles. The number of quaternary nitrogens is 1. The van der Waals surface area contributed by atoms with Gasteiger partial charge in [-0.05, 0) is 28.5 Å². The summed E-state index contributed by atoms with van der Waals surface area (Å²) in [6, 6.07) is 24.4. The van der Waals surface area contributed by atoms with E-state index < -0.39 is 0 Å². The summed E-state index contributed by atoms with van der Waals surface area (Å²) in [4.78, 5) is 0. The van der Waals surface area contributed by atoms with Crippen LogP contribution < -0.4 is 4.48 Å². The van der Waals surface area contributed by atoms with E-state index in [4.69, 9.17) is 0 Å². The molecule has 0 aromatic heterocycles. The molecule has 0 spiro atoms. The summed E-state index contributed by atoms with van der Waals surface area (Å²) in [6.07, 6.45) is 0. The minimum Gasteiger partial charge on any atom is -0.292 e. The predicted octanol–water partition coefficient (Wildman–Crippen LogP) is 5.90. The van der Waals surface area contributed by atoms with Crippen LogP contribution in [0.15, 0.2) is 66.7 Å². The van der Waals surface area contributed by atoms with Crippen molar-refractivity contribution >= 4 is 16.5 Å². The normalized spacial score (nSPS) is 12.5. The third-order valence-corrected chi connectivity index (χ3v) is 4.82. The molecule has 0 amide bonds. The first-order valence-electron chi connectivity index (χ1n) is 8.68. The van der Waals surface area contributed by atoms with Gasteiger partial charge in [0.25, 0.3) is 0 Å². The lowest BCUT2D eigenvalue weighted by Gasteiger charge is -2.31. The fourth-order valence-electron chi connectivity index (χ4n) is 3.39. The molecule has 24 heavy (non-hydrogen) atoms. The maximum absolute atomic E-state index is 2.29. The zero-order chi connectivity index (χ0) is 17.4. The van der Waals surface area contributed by atoms with Gasteiger partial charge < -0.3 is 0 Å². The molecule has 1 heteroatoms. The molecule has 1 nitrogen and oxygen atoms in total. The highest BCUT2D eigenvalue weighted by Gasteiger charge is 2.22. The minimum atomic E-state index is 0.207. The van der Waals surface area contributed by atoms with E-state index in [1.165, 1.54) is 27.6 Å². The molecule has 3 aromatic carbocycles. The molecule has 0 unspecified atom stereocenters. The molecule has 0 bridgehead atoms. The van der Waals surface area contributed by atoms with Gasteiger partial charge in [-0.1, -0.05) is 75.4 Å². The summed E-state index contributed by atoms with van der Waals surface area (Å²) in [5.74, 6) is 0. The maximum atomic E-state index is 2.29. The Hall–Kier alpha value is -2.12. The number of hydrogen-bond acceptors (Lipinski definition) is 0. The molecule has 0 aliphatic rings. The van der Waals surface area contributed by atoms with Gasteiger partial charge in [0.2, 0.25) is 0 Å². The molecule has 0 heterocycles. The number of nitrogens with zero attached hydrogens (tertiary/aromatic N) is 1. The van der Waals surface area contributed by atoms with Crippen LogP contribution in [-0.2, 0) is 12.0 Å². The van der Waals surface area contributed by atoms with Crippen molar-refractivity contribution in [3.8, 4) is 0 Å². The molecule has 0 atom stereocenters. The molecule has 3 rings (SSSR count). The van der Waals surface area contributed by atoms with E-state index in [-0.39, 0.29) is 5.41 Å². The molecule has 124 valence electrons. The summed E-state index contributed by atoms with van der Waals surface area (Å²) < 4.78 is 0.843. The van der Waals surface area contributed by atoms with Crippen LogP contribution in [0.25, 0.3) is 10.8 Å². The van der Waals surface area contributed by atoms with Gasteiger partial charge in [0.15, 0.2) is 0 Å². The van der Waals surface area contributed by atoms with Crippen LogP contribution >= 0.6 is 0 Å². The van der Waals surface area contributed by atoms with Crippen LogP contribution in [0.3, 0.4) is 0 Å². The zero-order valence-corrected chi connectivity index (χ0v) is 15.5. The Balaban J connectivity index is 1.93. The van der Waals surface area contributed by atoms with Crippen molar-refractivity contribution in [3.63, 3.8) is 0 Å². The second-order valence-corrected chi connectivity index (χ2v) is 8.29. The van der Waals surface area contributed by atoms with E-state index in [2.05, 4.69) is 102 Å². The zero-order valence-electron chi connectivity index (χ0n) is 15.5. The van der Waals surface area contributed by atoms with E-state index in [1.807, 2.05) is 0 Å². The lowest BCUT2D eigenvalue weighted by Crippen LogP contribution is -2.39. The van der Waals surface area contributed by atoms with Crippen molar-refractivity contribution in [2.24, 2.45) is 0 Å². The molecular formula is C23H28N+. The Morgan fingerprint density at radius 1 is 0.750 bits per heavy atom. The number of hydrogen-bond donors (Lipinski definition) is 0. The topological polar surface area (TPSA) is 0 Å². The van der Waals surface area contributed by atoms with Gasteiger partial charge in [-0.2, -0.15) is 0 Å². The van der Waals surface area contributed by atoms with Crippen molar-refractivity contribution < 1.29 is 0 Å². The average molecular weight is 318 g/mol. The molecule has 0 radical (unpaired) electrons. The Kier molecular flexibility index (Phi) is 4.23. The molecule has 0 aliphatic carbocycles. The highest BCUT2D eigenvalue weighted by atomic mass is 15.3. The monoisotopic (exact) mass is 318 g/mol. The van der Waals surface area contributed by atoms with Crippen LogP contribution in [-0.4, -0.2) is 14.1 Å². The van der Waals surface area contributed by atoms with Gasteiger partial charge in [-0.15, -0.1) is 0 Å². The summed E-state index contributed by atoms with van der Waals surface area (Å²) in [7, 11) is 4.58. The van der Waals surface area contributed by atoms with Crippen molar-refractivity contribution in [2.75, 3.05) is 14.1 Å². The number of fused-ring (bicyclic) bond motifs is 1. The molecule has 3 aromatic rings. The van der Waals surface area contributed by atoms with Gasteiger partial charge in [0.1, 0.15) is 12.2 Å². The van der Waals surface area contributed by atoms with E-state index in [1.54, 1.807) is 0 Å². The molecule has 0 aliphatic heterocycles. The third kappa shape index (κ3) is 3.37. The summed E-state index contributed by atoms with van der Waals surface area (Å²) in [6.45, 7) is 7.77. The number of benzene rings is 3. The Morgan fingerprint density at radius 2 is 1.38 bits per heavy atom. The SMILES string of the molecule is CC(C)(C)c1ccc(C[N+](C)(C)c2cccc3ccccc23)cc1. The smallest absolute Gasteiger partial charge is 0.140 e. The lowest BCUT2D eigenvalue weighted by atomic mass is 9.86. The van der Waals surface area contributed by atoms with Crippen molar-refractivity contribution in [1.82, 2.24) is 4.48 Å². The fraction of sp³-hybridized carbons (Fsp3) is 0.304. The maximum Gasteiger partial charge on any atom is 0.140 e. The Bertz CT molecular complexity index is 831. The van der Waals surface area contributed by atoms with E-state index in [0.717, 1.165) is 11.0 Å². The first-order chi connectivity index (χ1) is 11.3. The molecule has 0 N–H and O–H groups in total. The van der Waals surface area contributed by atoms with Crippen LogP contribution in [0.5, 0.6) is 0 Å². The first kappa shape index (κ1) is 16.7. The quantitative estimate of drug-likeness (QED) is 0.527. The predicted molar refractivity (Wildman–Crippen MR) is 106 cm³/mol. The van der Waals surface area contributed by atoms with E-state index in [0.29, 0.717) is 0 Å².